The lowest BCUT2D eigenvalue weighted by Crippen LogP contribution is -2.38. The maximum absolute atomic E-state index is 13.4. The van der Waals surface area contributed by atoms with E-state index in [9.17, 15) is 18.0 Å². The van der Waals surface area contributed by atoms with Gasteiger partial charge in [-0.2, -0.15) is 13.2 Å². The number of hydrogen-bond donors (Lipinski definition) is 1. The van der Waals surface area contributed by atoms with Crippen LogP contribution in [0.5, 0.6) is 11.5 Å². The predicted molar refractivity (Wildman–Crippen MR) is 111 cm³/mol. The number of nitrogens with zero attached hydrogens (tertiary/aromatic N) is 1. The molecule has 0 radical (unpaired) electrons. The third kappa shape index (κ3) is 5.91. The average Bonchev–Trinajstić information content (AvgIpc) is 2.76. The van der Waals surface area contributed by atoms with Gasteiger partial charge in [-0.25, -0.2) is 0 Å². The Balaban J connectivity index is 1.53. The van der Waals surface area contributed by atoms with Gasteiger partial charge in [0.05, 0.1) is 20.1 Å². The fourth-order valence-electron chi connectivity index (χ4n) is 3.85. The summed E-state index contributed by atoms with van der Waals surface area (Å²) in [6, 6.07) is 11.5. The van der Waals surface area contributed by atoms with Crippen LogP contribution in [-0.4, -0.2) is 50.8 Å². The van der Waals surface area contributed by atoms with Gasteiger partial charge in [-0.3, -0.25) is 9.69 Å². The number of halogens is 3. The number of alkyl halides is 3. The highest BCUT2D eigenvalue weighted by molar-refractivity contribution is 5.77. The predicted octanol–water partition coefficient (Wildman–Crippen LogP) is 3.91. The Kier molecular flexibility index (Phi) is 7.43. The molecule has 0 spiro atoms. The van der Waals surface area contributed by atoms with Gasteiger partial charge in [0.25, 0.3) is 0 Å². The smallest absolute Gasteiger partial charge is 0.396 e. The molecular formula is C23H27F3N2O3. The van der Waals surface area contributed by atoms with Crippen LogP contribution in [0.3, 0.4) is 0 Å². The van der Waals surface area contributed by atoms with Crippen LogP contribution >= 0.6 is 0 Å². The quantitative estimate of drug-likeness (QED) is 0.682. The topological polar surface area (TPSA) is 50.8 Å². The van der Waals surface area contributed by atoms with Gasteiger partial charge in [0.1, 0.15) is 0 Å². The molecular weight excluding hydrogens is 409 g/mol. The molecule has 31 heavy (non-hydrogen) atoms. The van der Waals surface area contributed by atoms with Crippen LogP contribution in [-0.2, 0) is 17.8 Å². The summed E-state index contributed by atoms with van der Waals surface area (Å²) in [5.41, 5.74) is 2.41. The molecule has 1 aliphatic heterocycles. The second kappa shape index (κ2) is 10.0. The van der Waals surface area contributed by atoms with Crippen molar-refractivity contribution in [2.45, 2.75) is 31.5 Å². The van der Waals surface area contributed by atoms with Gasteiger partial charge in [-0.15, -0.1) is 0 Å². The van der Waals surface area contributed by atoms with E-state index in [1.54, 1.807) is 32.4 Å². The summed E-state index contributed by atoms with van der Waals surface area (Å²) >= 11 is 0. The van der Waals surface area contributed by atoms with E-state index < -0.39 is 24.4 Å². The zero-order valence-electron chi connectivity index (χ0n) is 17.7. The Hall–Kier alpha value is -2.74. The highest BCUT2D eigenvalue weighted by Gasteiger charge is 2.41. The lowest BCUT2D eigenvalue weighted by molar-refractivity contribution is -0.157. The van der Waals surface area contributed by atoms with Crippen LogP contribution in [0.15, 0.2) is 42.5 Å². The minimum absolute atomic E-state index is 0.0992. The van der Waals surface area contributed by atoms with Gasteiger partial charge in [0.2, 0.25) is 5.91 Å². The molecule has 1 aliphatic rings. The molecule has 5 nitrogen and oxygen atoms in total. The van der Waals surface area contributed by atoms with Crippen molar-refractivity contribution in [1.82, 2.24) is 10.2 Å². The van der Waals surface area contributed by atoms with E-state index in [1.807, 2.05) is 12.1 Å². The third-order valence-corrected chi connectivity index (χ3v) is 5.53. The maximum atomic E-state index is 13.4. The maximum Gasteiger partial charge on any atom is 0.396 e. The van der Waals surface area contributed by atoms with Crippen molar-refractivity contribution in [3.05, 3.63) is 59.2 Å². The zero-order valence-corrected chi connectivity index (χ0v) is 17.7. The molecule has 2 aromatic rings. The first-order valence-corrected chi connectivity index (χ1v) is 10.2. The molecule has 0 aromatic heterocycles. The number of ether oxygens (including phenoxy) is 2. The second-order valence-corrected chi connectivity index (χ2v) is 7.56. The van der Waals surface area contributed by atoms with Crippen LogP contribution < -0.4 is 14.8 Å². The van der Waals surface area contributed by atoms with Gasteiger partial charge in [0, 0.05) is 32.6 Å². The highest BCUT2D eigenvalue weighted by atomic mass is 19.4. The number of carbonyl (C=O) groups is 1. The number of methoxy groups -OCH3 is 2. The third-order valence-electron chi connectivity index (χ3n) is 5.53. The van der Waals surface area contributed by atoms with E-state index >= 15 is 0 Å². The largest absolute Gasteiger partial charge is 0.493 e. The number of carbonyl (C=O) groups excluding carboxylic acids is 1. The molecule has 3 rings (SSSR count). The van der Waals surface area contributed by atoms with Crippen LogP contribution in [0, 0.1) is 0 Å². The molecule has 1 atom stereocenters. The molecule has 8 heteroatoms. The van der Waals surface area contributed by atoms with Crippen molar-refractivity contribution in [3.63, 3.8) is 0 Å². The highest BCUT2D eigenvalue weighted by Crippen LogP contribution is 2.37. The standard InChI is InChI=1S/C23H27F3N2O3/c1-30-20-12-17-8-10-28(15-18(17)13-21(20)31-2)11-9-27-22(29)14-19(23(24,25)26)16-6-4-3-5-7-16/h3-7,12-13,19H,8-11,14-15H2,1-2H3,(H,27,29). The van der Waals surface area contributed by atoms with E-state index in [-0.39, 0.29) is 5.56 Å². The summed E-state index contributed by atoms with van der Waals surface area (Å²) in [4.78, 5) is 14.4. The van der Waals surface area contributed by atoms with Crippen molar-refractivity contribution < 1.29 is 27.4 Å². The molecule has 1 heterocycles. The molecule has 2 aromatic carbocycles. The molecule has 0 saturated heterocycles. The van der Waals surface area contributed by atoms with Gasteiger partial charge >= 0.3 is 6.18 Å². The number of hydrogen-bond acceptors (Lipinski definition) is 4. The number of amides is 1. The molecule has 0 bridgehead atoms. The van der Waals surface area contributed by atoms with E-state index in [0.717, 1.165) is 18.5 Å². The monoisotopic (exact) mass is 436 g/mol. The first kappa shape index (κ1) is 22.9. The Morgan fingerprint density at radius 1 is 1.10 bits per heavy atom. The Morgan fingerprint density at radius 2 is 1.74 bits per heavy atom. The number of nitrogens with one attached hydrogen (secondary N) is 1. The van der Waals surface area contributed by atoms with Crippen molar-refractivity contribution >= 4 is 5.91 Å². The Labute approximate surface area is 180 Å². The first-order chi connectivity index (χ1) is 14.8. The lowest BCUT2D eigenvalue weighted by atomic mass is 9.95. The molecule has 0 aliphatic carbocycles. The number of benzene rings is 2. The molecule has 1 amide bonds. The molecule has 0 saturated carbocycles. The Morgan fingerprint density at radius 3 is 2.35 bits per heavy atom. The summed E-state index contributed by atoms with van der Waals surface area (Å²) in [6.45, 7) is 2.33. The van der Waals surface area contributed by atoms with Gasteiger partial charge in [-0.1, -0.05) is 30.3 Å². The van der Waals surface area contributed by atoms with Crippen molar-refractivity contribution in [2.24, 2.45) is 0 Å². The number of rotatable bonds is 8. The van der Waals surface area contributed by atoms with Crippen molar-refractivity contribution in [2.75, 3.05) is 33.9 Å². The van der Waals surface area contributed by atoms with E-state index in [4.69, 9.17) is 9.47 Å². The lowest BCUT2D eigenvalue weighted by Gasteiger charge is -2.29. The summed E-state index contributed by atoms with van der Waals surface area (Å²) in [5, 5.41) is 2.64. The zero-order chi connectivity index (χ0) is 22.4. The molecule has 1 unspecified atom stereocenters. The van der Waals surface area contributed by atoms with Gasteiger partial charge in [-0.05, 0) is 35.2 Å². The van der Waals surface area contributed by atoms with E-state index in [2.05, 4.69) is 10.2 Å². The summed E-state index contributed by atoms with van der Waals surface area (Å²) in [6.07, 6.45) is -4.27. The fraction of sp³-hybridized carbons (Fsp3) is 0.435. The van der Waals surface area contributed by atoms with E-state index in [1.165, 1.54) is 17.7 Å². The van der Waals surface area contributed by atoms with Crippen molar-refractivity contribution in [3.8, 4) is 11.5 Å². The second-order valence-electron chi connectivity index (χ2n) is 7.56. The molecule has 1 N–H and O–H groups in total. The summed E-state index contributed by atoms with van der Waals surface area (Å²) < 4.78 is 51.0. The normalized spacial score (nSPS) is 15.1. The summed E-state index contributed by atoms with van der Waals surface area (Å²) in [7, 11) is 3.19. The first-order valence-electron chi connectivity index (χ1n) is 10.2. The fourth-order valence-corrected chi connectivity index (χ4v) is 3.85. The summed E-state index contributed by atoms with van der Waals surface area (Å²) in [5.74, 6) is -1.05. The van der Waals surface area contributed by atoms with Gasteiger partial charge < -0.3 is 14.8 Å². The van der Waals surface area contributed by atoms with Crippen LogP contribution in [0.25, 0.3) is 0 Å². The SMILES string of the molecule is COc1cc2c(cc1OC)CN(CCNC(=O)CC(c1ccccc1)C(F)(F)F)CC2. The van der Waals surface area contributed by atoms with Crippen molar-refractivity contribution in [1.29, 1.82) is 0 Å². The average molecular weight is 436 g/mol. The molecule has 168 valence electrons. The molecule has 0 fully saturated rings. The Bertz CT molecular complexity index is 888. The van der Waals surface area contributed by atoms with Crippen LogP contribution in [0.2, 0.25) is 0 Å². The van der Waals surface area contributed by atoms with E-state index in [0.29, 0.717) is 31.1 Å². The number of fused-ring (bicyclic) bond motifs is 1. The minimum atomic E-state index is -4.48. The van der Waals surface area contributed by atoms with Gasteiger partial charge in [0.15, 0.2) is 11.5 Å². The minimum Gasteiger partial charge on any atom is -0.493 e. The van der Waals surface area contributed by atoms with Crippen LogP contribution in [0.1, 0.15) is 29.0 Å². The van der Waals surface area contributed by atoms with Crippen LogP contribution in [0.4, 0.5) is 13.2 Å².